The molecule has 0 atom stereocenters. The van der Waals surface area contributed by atoms with E-state index in [-0.39, 0.29) is 0 Å². The van der Waals surface area contributed by atoms with E-state index in [1.807, 2.05) is 0 Å². The van der Waals surface area contributed by atoms with Crippen LogP contribution in [0.1, 0.15) is 27.0 Å². The van der Waals surface area contributed by atoms with Gasteiger partial charge in [0.25, 0.3) is 0 Å². The van der Waals surface area contributed by atoms with E-state index < -0.39 is 46.1 Å². The summed E-state index contributed by atoms with van der Waals surface area (Å²) in [4.78, 5) is 11.4. The largest absolute Gasteiger partial charge is 0.465 e. The minimum Gasteiger partial charge on any atom is -0.465 e. The van der Waals surface area contributed by atoms with E-state index in [0.29, 0.717) is 12.1 Å². The van der Waals surface area contributed by atoms with Gasteiger partial charge in [-0.3, -0.25) is 0 Å². The fourth-order valence-corrected chi connectivity index (χ4v) is 1.67. The number of carbonyl (C=O) groups is 1. The Morgan fingerprint density at radius 3 is 2.05 bits per heavy atom. The number of rotatable bonds is 2. The average molecular weight is 312 g/mol. The van der Waals surface area contributed by atoms with Gasteiger partial charge in [-0.1, -0.05) is 6.58 Å². The zero-order valence-corrected chi connectivity index (χ0v) is 10.9. The zero-order chi connectivity index (χ0) is 16.6. The summed E-state index contributed by atoms with van der Waals surface area (Å²) in [7, 11) is 0.917. The molecule has 0 radical (unpaired) electrons. The van der Waals surface area contributed by atoms with Crippen LogP contribution < -0.4 is 0 Å². The maximum absolute atomic E-state index is 12.9. The lowest BCUT2D eigenvalue weighted by Gasteiger charge is -2.17. The number of methoxy groups -OCH3 is 1. The lowest BCUT2D eigenvalue weighted by Crippen LogP contribution is -2.16. The predicted molar refractivity (Wildman–Crippen MR) is 62.6 cm³/mol. The average Bonchev–Trinajstić information content (AvgIpc) is 2.34. The van der Waals surface area contributed by atoms with Gasteiger partial charge in [0.15, 0.2) is 0 Å². The van der Waals surface area contributed by atoms with Crippen molar-refractivity contribution in [1.29, 1.82) is 0 Å². The molecular formula is C13H10F6O2. The van der Waals surface area contributed by atoms with Gasteiger partial charge >= 0.3 is 18.3 Å². The number of hydrogen-bond acceptors (Lipinski definition) is 2. The molecule has 1 aromatic carbocycles. The molecule has 116 valence electrons. The van der Waals surface area contributed by atoms with Crippen LogP contribution in [0.15, 0.2) is 18.7 Å². The lowest BCUT2D eigenvalue weighted by atomic mass is 9.95. The molecule has 0 aliphatic heterocycles. The van der Waals surface area contributed by atoms with Crippen LogP contribution in [-0.4, -0.2) is 19.3 Å². The quantitative estimate of drug-likeness (QED) is 0.598. The van der Waals surface area contributed by atoms with Crippen molar-refractivity contribution < 1.29 is 35.9 Å². The van der Waals surface area contributed by atoms with Crippen molar-refractivity contribution in [1.82, 2.24) is 0 Å². The molecule has 2 nitrogen and oxygen atoms in total. The molecular weight excluding hydrogens is 302 g/mol. The fraction of sp³-hybridized carbons (Fsp3) is 0.308. The van der Waals surface area contributed by atoms with Gasteiger partial charge < -0.3 is 4.74 Å². The van der Waals surface area contributed by atoms with E-state index in [2.05, 4.69) is 11.3 Å². The van der Waals surface area contributed by atoms with Crippen LogP contribution in [0.2, 0.25) is 0 Å². The Balaban J connectivity index is 3.63. The molecule has 0 saturated carbocycles. The van der Waals surface area contributed by atoms with Crippen molar-refractivity contribution >= 4 is 11.5 Å². The predicted octanol–water partition coefficient (Wildman–Crippen LogP) is 4.38. The summed E-state index contributed by atoms with van der Waals surface area (Å²) in [6, 6.07) is 1.00. The topological polar surface area (TPSA) is 26.3 Å². The van der Waals surface area contributed by atoms with E-state index in [9.17, 15) is 31.1 Å². The summed E-state index contributed by atoms with van der Waals surface area (Å²) >= 11 is 0. The molecule has 0 unspecified atom stereocenters. The Labute approximate surface area is 116 Å². The standard InChI is InChI=1S/C13H10F6O2/c1-6-9(11(20)21-3)4-8(7(2)12(14,15)16)5-10(6)13(17,18)19/h4-5H,2H2,1,3H3. The van der Waals surface area contributed by atoms with E-state index in [1.54, 1.807) is 0 Å². The smallest absolute Gasteiger partial charge is 0.416 e. The van der Waals surface area contributed by atoms with Gasteiger partial charge in [0.2, 0.25) is 0 Å². The van der Waals surface area contributed by atoms with Crippen molar-refractivity contribution in [2.45, 2.75) is 19.3 Å². The summed E-state index contributed by atoms with van der Waals surface area (Å²) in [5.41, 5.74) is -4.74. The van der Waals surface area contributed by atoms with Crippen LogP contribution >= 0.6 is 0 Å². The van der Waals surface area contributed by atoms with Crippen molar-refractivity contribution in [2.75, 3.05) is 7.11 Å². The van der Waals surface area contributed by atoms with Crippen LogP contribution in [0.4, 0.5) is 26.3 Å². The Morgan fingerprint density at radius 1 is 1.14 bits per heavy atom. The van der Waals surface area contributed by atoms with Gasteiger partial charge in [-0.15, -0.1) is 0 Å². The summed E-state index contributed by atoms with van der Waals surface area (Å²) in [6.07, 6.45) is -9.82. The molecule has 0 aromatic heterocycles. The van der Waals surface area contributed by atoms with Crippen LogP contribution in [0.5, 0.6) is 0 Å². The SMILES string of the molecule is C=C(c1cc(C(=O)OC)c(C)c(C(F)(F)F)c1)C(F)(F)F. The number of benzene rings is 1. The second-order valence-corrected chi connectivity index (χ2v) is 4.16. The second-order valence-electron chi connectivity index (χ2n) is 4.16. The highest BCUT2D eigenvalue weighted by molar-refractivity contribution is 5.93. The first-order valence-corrected chi connectivity index (χ1v) is 5.46. The molecule has 1 rings (SSSR count). The molecule has 0 fully saturated rings. The third-order valence-electron chi connectivity index (χ3n) is 2.81. The molecule has 0 bridgehead atoms. The van der Waals surface area contributed by atoms with E-state index in [0.717, 1.165) is 14.0 Å². The summed E-state index contributed by atoms with van der Waals surface area (Å²) < 4.78 is 80.7. The minimum absolute atomic E-state index is 0.317. The van der Waals surface area contributed by atoms with Gasteiger partial charge in [-0.25, -0.2) is 4.79 Å². The first kappa shape index (κ1) is 17.1. The Hall–Kier alpha value is -1.99. The lowest BCUT2D eigenvalue weighted by molar-refractivity contribution is -0.138. The number of allylic oxidation sites excluding steroid dienone is 1. The monoisotopic (exact) mass is 312 g/mol. The summed E-state index contributed by atoms with van der Waals surface area (Å²) in [5.74, 6) is -1.16. The molecule has 21 heavy (non-hydrogen) atoms. The third kappa shape index (κ3) is 3.56. The highest BCUT2D eigenvalue weighted by Crippen LogP contribution is 2.39. The number of carbonyl (C=O) groups excluding carboxylic acids is 1. The summed E-state index contributed by atoms with van der Waals surface area (Å²) in [5, 5.41) is 0. The second kappa shape index (κ2) is 5.42. The van der Waals surface area contributed by atoms with Crippen LogP contribution in [0, 0.1) is 6.92 Å². The normalized spacial score (nSPS) is 12.2. The van der Waals surface area contributed by atoms with Gasteiger partial charge in [-0.2, -0.15) is 26.3 Å². The highest BCUT2D eigenvalue weighted by atomic mass is 19.4. The first-order chi connectivity index (χ1) is 9.39. The van der Waals surface area contributed by atoms with Crippen molar-refractivity contribution in [3.8, 4) is 0 Å². The van der Waals surface area contributed by atoms with E-state index in [1.165, 1.54) is 0 Å². The molecule has 0 N–H and O–H groups in total. The minimum atomic E-state index is -4.91. The molecule has 1 aromatic rings. The molecule has 0 aliphatic carbocycles. The van der Waals surface area contributed by atoms with Crippen LogP contribution in [0.3, 0.4) is 0 Å². The maximum atomic E-state index is 12.9. The Kier molecular flexibility index (Phi) is 4.40. The van der Waals surface area contributed by atoms with Gasteiger partial charge in [0.05, 0.1) is 23.8 Å². The molecule has 0 spiro atoms. The number of hydrogen-bond donors (Lipinski definition) is 0. The van der Waals surface area contributed by atoms with E-state index >= 15 is 0 Å². The number of alkyl halides is 6. The highest BCUT2D eigenvalue weighted by Gasteiger charge is 2.38. The third-order valence-corrected chi connectivity index (χ3v) is 2.81. The van der Waals surface area contributed by atoms with Crippen molar-refractivity contribution in [3.05, 3.63) is 41.0 Å². The maximum Gasteiger partial charge on any atom is 0.416 e. The molecule has 0 amide bonds. The molecule has 8 heteroatoms. The Bertz CT molecular complexity index is 584. The van der Waals surface area contributed by atoms with Crippen LogP contribution in [-0.2, 0) is 10.9 Å². The Morgan fingerprint density at radius 2 is 1.67 bits per heavy atom. The van der Waals surface area contributed by atoms with Crippen LogP contribution in [0.25, 0.3) is 5.57 Å². The van der Waals surface area contributed by atoms with Gasteiger partial charge in [-0.05, 0) is 30.2 Å². The molecule has 0 heterocycles. The number of esters is 1. The van der Waals surface area contributed by atoms with Crippen molar-refractivity contribution in [2.24, 2.45) is 0 Å². The van der Waals surface area contributed by atoms with Crippen molar-refractivity contribution in [3.63, 3.8) is 0 Å². The number of ether oxygens (including phenoxy) is 1. The molecule has 0 saturated heterocycles. The first-order valence-electron chi connectivity index (χ1n) is 5.46. The van der Waals surface area contributed by atoms with Gasteiger partial charge in [0.1, 0.15) is 0 Å². The fourth-order valence-electron chi connectivity index (χ4n) is 1.67. The number of halogens is 6. The van der Waals surface area contributed by atoms with Gasteiger partial charge in [0, 0.05) is 0 Å². The molecule has 0 aliphatic rings. The van der Waals surface area contributed by atoms with E-state index in [4.69, 9.17) is 0 Å². The zero-order valence-electron chi connectivity index (χ0n) is 10.9. The summed E-state index contributed by atoms with van der Waals surface area (Å²) in [6.45, 7) is 3.71.